The quantitative estimate of drug-likeness (QED) is 0.665. The van der Waals surface area contributed by atoms with Gasteiger partial charge in [0.05, 0.1) is 0 Å². The molecule has 0 radical (unpaired) electrons. The van der Waals surface area contributed by atoms with Crippen LogP contribution in [0.1, 0.15) is 43.0 Å². The van der Waals surface area contributed by atoms with E-state index in [9.17, 15) is 4.79 Å². The largest absolute Gasteiger partial charge is 0.325 e. The van der Waals surface area contributed by atoms with Crippen LogP contribution >= 0.6 is 11.3 Å². The third-order valence-corrected chi connectivity index (χ3v) is 5.62. The molecule has 3 aromatic rings. The normalized spacial score (nSPS) is 15.2. The smallest absolute Gasteiger partial charge is 0.308 e. The highest BCUT2D eigenvalue weighted by Crippen LogP contribution is 2.35. The molecule has 128 valence electrons. The van der Waals surface area contributed by atoms with Gasteiger partial charge in [0.15, 0.2) is 0 Å². The average Bonchev–Trinajstić information content (AvgIpc) is 3.10. The van der Waals surface area contributed by atoms with Crippen LogP contribution in [0.2, 0.25) is 0 Å². The van der Waals surface area contributed by atoms with Crippen LogP contribution in [0.15, 0.2) is 42.5 Å². The van der Waals surface area contributed by atoms with E-state index in [1.54, 1.807) is 0 Å². The van der Waals surface area contributed by atoms with Gasteiger partial charge in [-0.05, 0) is 35.7 Å². The second-order valence-corrected chi connectivity index (χ2v) is 7.43. The Hall–Kier alpha value is -2.47. The standard InChI is InChI=1S/C19H20N4OS/c24-18(20-16-11-10-13-6-4-5-9-15(13)12-16)21-19-23-22-17(25-19)14-7-2-1-3-8-14/h4-6,9-12,14H,1-3,7-8H2,(H2,20,21,23,24). The minimum atomic E-state index is -0.290. The zero-order chi connectivity index (χ0) is 17.1. The van der Waals surface area contributed by atoms with Crippen LogP contribution in [-0.4, -0.2) is 16.2 Å². The Bertz CT molecular complexity index is 886. The molecule has 25 heavy (non-hydrogen) atoms. The molecule has 1 fully saturated rings. The van der Waals surface area contributed by atoms with Crippen molar-refractivity contribution in [1.82, 2.24) is 10.2 Å². The van der Waals surface area contributed by atoms with Crippen LogP contribution in [0.5, 0.6) is 0 Å². The van der Waals surface area contributed by atoms with Gasteiger partial charge in [0.1, 0.15) is 5.01 Å². The molecule has 2 amide bonds. The van der Waals surface area contributed by atoms with Crippen molar-refractivity contribution in [3.05, 3.63) is 47.5 Å². The lowest BCUT2D eigenvalue weighted by Gasteiger charge is -2.18. The first-order valence-electron chi connectivity index (χ1n) is 8.68. The molecule has 1 heterocycles. The number of fused-ring (bicyclic) bond motifs is 1. The molecule has 0 aliphatic heterocycles. The Morgan fingerprint density at radius 2 is 1.76 bits per heavy atom. The number of nitrogens with one attached hydrogen (secondary N) is 2. The fourth-order valence-corrected chi connectivity index (χ4v) is 4.23. The van der Waals surface area contributed by atoms with Crippen LogP contribution in [-0.2, 0) is 0 Å². The third kappa shape index (κ3) is 3.79. The van der Waals surface area contributed by atoms with Crippen LogP contribution in [0.3, 0.4) is 0 Å². The molecular weight excluding hydrogens is 332 g/mol. The van der Waals surface area contributed by atoms with E-state index >= 15 is 0 Å². The maximum atomic E-state index is 12.2. The molecule has 6 heteroatoms. The number of aromatic nitrogens is 2. The number of amides is 2. The minimum absolute atomic E-state index is 0.290. The minimum Gasteiger partial charge on any atom is -0.308 e. The number of anilines is 2. The summed E-state index contributed by atoms with van der Waals surface area (Å²) in [5, 5.41) is 17.9. The molecule has 0 spiro atoms. The Balaban J connectivity index is 1.40. The van der Waals surface area contributed by atoms with E-state index in [2.05, 4.69) is 20.8 Å². The van der Waals surface area contributed by atoms with Crippen molar-refractivity contribution in [3.63, 3.8) is 0 Å². The fraction of sp³-hybridized carbons (Fsp3) is 0.316. The first kappa shape index (κ1) is 16.0. The number of nitrogens with zero attached hydrogens (tertiary/aromatic N) is 2. The number of rotatable bonds is 3. The first-order valence-corrected chi connectivity index (χ1v) is 9.50. The molecule has 0 unspecified atom stereocenters. The highest BCUT2D eigenvalue weighted by Gasteiger charge is 2.20. The molecule has 1 saturated carbocycles. The summed E-state index contributed by atoms with van der Waals surface area (Å²) in [5.74, 6) is 0.505. The molecule has 2 N–H and O–H groups in total. The molecule has 0 saturated heterocycles. The molecule has 4 rings (SSSR count). The number of carbonyl (C=O) groups is 1. The van der Waals surface area contributed by atoms with Gasteiger partial charge in [-0.15, -0.1) is 10.2 Å². The SMILES string of the molecule is O=C(Nc1ccc2ccccc2c1)Nc1nnc(C2CCCCC2)s1. The van der Waals surface area contributed by atoms with Crippen molar-refractivity contribution in [1.29, 1.82) is 0 Å². The number of hydrogen-bond donors (Lipinski definition) is 2. The second kappa shape index (κ2) is 7.19. The van der Waals surface area contributed by atoms with E-state index in [0.717, 1.165) is 21.5 Å². The van der Waals surface area contributed by atoms with E-state index in [0.29, 0.717) is 11.0 Å². The van der Waals surface area contributed by atoms with E-state index in [1.807, 2.05) is 42.5 Å². The predicted molar refractivity (Wildman–Crippen MR) is 102 cm³/mol. The van der Waals surface area contributed by atoms with Gasteiger partial charge in [-0.2, -0.15) is 0 Å². The van der Waals surface area contributed by atoms with E-state index < -0.39 is 0 Å². The van der Waals surface area contributed by atoms with Crippen molar-refractivity contribution in [2.75, 3.05) is 10.6 Å². The van der Waals surface area contributed by atoms with Crippen molar-refractivity contribution in [3.8, 4) is 0 Å². The van der Waals surface area contributed by atoms with Gasteiger partial charge in [-0.3, -0.25) is 5.32 Å². The summed E-state index contributed by atoms with van der Waals surface area (Å²) in [6.07, 6.45) is 6.19. The zero-order valence-electron chi connectivity index (χ0n) is 13.9. The molecule has 1 aliphatic rings. The monoisotopic (exact) mass is 352 g/mol. The molecule has 0 bridgehead atoms. The van der Waals surface area contributed by atoms with Crippen LogP contribution in [0.25, 0.3) is 10.8 Å². The van der Waals surface area contributed by atoms with Gasteiger partial charge in [-0.25, -0.2) is 4.79 Å². The Labute approximate surface area is 150 Å². The lowest BCUT2D eigenvalue weighted by Crippen LogP contribution is -2.19. The van der Waals surface area contributed by atoms with Crippen LogP contribution in [0, 0.1) is 0 Å². The lowest BCUT2D eigenvalue weighted by atomic mass is 9.90. The van der Waals surface area contributed by atoms with Crippen LogP contribution in [0.4, 0.5) is 15.6 Å². The molecule has 0 atom stereocenters. The van der Waals surface area contributed by atoms with Gasteiger partial charge in [0, 0.05) is 11.6 Å². The van der Waals surface area contributed by atoms with E-state index in [-0.39, 0.29) is 6.03 Å². The predicted octanol–water partition coefficient (Wildman–Crippen LogP) is 5.38. The van der Waals surface area contributed by atoms with Gasteiger partial charge < -0.3 is 5.32 Å². The number of benzene rings is 2. The zero-order valence-corrected chi connectivity index (χ0v) is 14.7. The highest BCUT2D eigenvalue weighted by atomic mass is 32.1. The number of carbonyl (C=O) groups excluding carboxylic acids is 1. The van der Waals surface area contributed by atoms with E-state index in [1.165, 1.54) is 43.4 Å². The lowest BCUT2D eigenvalue weighted by molar-refractivity contribution is 0.262. The Morgan fingerprint density at radius 1 is 0.960 bits per heavy atom. The molecule has 1 aliphatic carbocycles. The second-order valence-electron chi connectivity index (χ2n) is 6.42. The summed E-state index contributed by atoms with van der Waals surface area (Å²) < 4.78 is 0. The van der Waals surface area contributed by atoms with Gasteiger partial charge >= 0.3 is 6.03 Å². The summed E-state index contributed by atoms with van der Waals surface area (Å²) in [4.78, 5) is 12.2. The van der Waals surface area contributed by atoms with E-state index in [4.69, 9.17) is 0 Å². The maximum Gasteiger partial charge on any atom is 0.325 e. The molecular formula is C19H20N4OS. The van der Waals surface area contributed by atoms with Crippen molar-refractivity contribution in [2.24, 2.45) is 0 Å². The third-order valence-electron chi connectivity index (χ3n) is 4.62. The van der Waals surface area contributed by atoms with Crippen molar-refractivity contribution < 1.29 is 4.79 Å². The van der Waals surface area contributed by atoms with Gasteiger partial charge in [0.25, 0.3) is 0 Å². The summed E-state index contributed by atoms with van der Waals surface area (Å²) in [7, 11) is 0. The average molecular weight is 352 g/mol. The Morgan fingerprint density at radius 3 is 2.60 bits per heavy atom. The van der Waals surface area contributed by atoms with Gasteiger partial charge in [0.2, 0.25) is 5.13 Å². The number of hydrogen-bond acceptors (Lipinski definition) is 4. The Kier molecular flexibility index (Phi) is 4.61. The summed E-state index contributed by atoms with van der Waals surface area (Å²) in [6, 6.07) is 13.6. The van der Waals surface area contributed by atoms with Crippen molar-refractivity contribution >= 4 is 39.0 Å². The molecule has 2 aromatic carbocycles. The summed E-state index contributed by atoms with van der Waals surface area (Å²) >= 11 is 1.49. The fourth-order valence-electron chi connectivity index (χ4n) is 3.33. The summed E-state index contributed by atoms with van der Waals surface area (Å²) in [5.41, 5.74) is 0.758. The first-order chi connectivity index (χ1) is 12.3. The van der Waals surface area contributed by atoms with Gasteiger partial charge in [-0.1, -0.05) is 60.9 Å². The molecule has 1 aromatic heterocycles. The maximum absolute atomic E-state index is 12.2. The number of urea groups is 1. The summed E-state index contributed by atoms with van der Waals surface area (Å²) in [6.45, 7) is 0. The highest BCUT2D eigenvalue weighted by molar-refractivity contribution is 7.15. The van der Waals surface area contributed by atoms with Crippen molar-refractivity contribution in [2.45, 2.75) is 38.0 Å². The van der Waals surface area contributed by atoms with Crippen LogP contribution < -0.4 is 10.6 Å². The molecule has 5 nitrogen and oxygen atoms in total. The topological polar surface area (TPSA) is 66.9 Å².